The van der Waals surface area contributed by atoms with Crippen LogP contribution in [0, 0.1) is 0 Å². The number of ether oxygens (including phenoxy) is 1. The monoisotopic (exact) mass is 239 g/mol. The van der Waals surface area contributed by atoms with Gasteiger partial charge in [0.25, 0.3) is 0 Å². The molecule has 1 aliphatic heterocycles. The lowest BCUT2D eigenvalue weighted by molar-refractivity contribution is 0.0710. The van der Waals surface area contributed by atoms with Crippen LogP contribution in [0.1, 0.15) is 19.0 Å². The molecule has 6 heteroatoms. The predicted octanol–water partition coefficient (Wildman–Crippen LogP) is 0.995. The second kappa shape index (κ2) is 5.67. The highest BCUT2D eigenvalue weighted by Gasteiger charge is 2.19. The summed E-state index contributed by atoms with van der Waals surface area (Å²) in [6, 6.07) is 1.65. The van der Waals surface area contributed by atoms with E-state index in [1.807, 2.05) is 6.92 Å². The summed E-state index contributed by atoms with van der Waals surface area (Å²) in [4.78, 5) is 13.7. The molecule has 0 radical (unpaired) electrons. The molecule has 17 heavy (non-hydrogen) atoms. The van der Waals surface area contributed by atoms with Crippen molar-refractivity contribution in [3.05, 3.63) is 18.0 Å². The number of aromatic nitrogens is 1. The van der Waals surface area contributed by atoms with E-state index in [-0.39, 0.29) is 12.1 Å². The van der Waals surface area contributed by atoms with Crippen molar-refractivity contribution in [1.29, 1.82) is 0 Å². The van der Waals surface area contributed by atoms with Gasteiger partial charge in [-0.3, -0.25) is 0 Å². The molecule has 2 heterocycles. The van der Waals surface area contributed by atoms with Gasteiger partial charge >= 0.3 is 6.03 Å². The Balaban J connectivity index is 1.82. The zero-order chi connectivity index (χ0) is 12.1. The Bertz CT molecular complexity index is 353. The molecule has 0 aromatic carbocycles. The predicted molar refractivity (Wildman–Crippen MR) is 60.3 cm³/mol. The van der Waals surface area contributed by atoms with Gasteiger partial charge in [0.1, 0.15) is 12.0 Å². The number of rotatable bonds is 2. The van der Waals surface area contributed by atoms with Crippen molar-refractivity contribution in [3.63, 3.8) is 0 Å². The second-order valence-electron chi connectivity index (χ2n) is 4.13. The van der Waals surface area contributed by atoms with Crippen molar-refractivity contribution < 1.29 is 14.1 Å². The zero-order valence-electron chi connectivity index (χ0n) is 9.89. The summed E-state index contributed by atoms with van der Waals surface area (Å²) < 4.78 is 10.2. The summed E-state index contributed by atoms with van der Waals surface area (Å²) in [7, 11) is 0. The van der Waals surface area contributed by atoms with Crippen molar-refractivity contribution in [2.45, 2.75) is 26.0 Å². The number of carbonyl (C=O) groups is 1. The normalized spacial score (nSPS) is 21.0. The molecule has 0 aliphatic carbocycles. The number of nitrogens with zero attached hydrogens (tertiary/aromatic N) is 2. The smallest absolute Gasteiger partial charge is 0.317 e. The Morgan fingerprint density at radius 1 is 1.71 bits per heavy atom. The molecule has 0 spiro atoms. The van der Waals surface area contributed by atoms with Crippen molar-refractivity contribution in [1.82, 2.24) is 15.4 Å². The Morgan fingerprint density at radius 2 is 2.59 bits per heavy atom. The minimum absolute atomic E-state index is 0.0784. The second-order valence-corrected chi connectivity index (χ2v) is 4.13. The van der Waals surface area contributed by atoms with E-state index >= 15 is 0 Å². The van der Waals surface area contributed by atoms with E-state index in [1.165, 1.54) is 6.26 Å². The molecule has 1 aromatic rings. The highest BCUT2D eigenvalue weighted by atomic mass is 16.5. The van der Waals surface area contributed by atoms with E-state index in [1.54, 1.807) is 11.0 Å². The fourth-order valence-corrected chi connectivity index (χ4v) is 1.79. The number of urea groups is 1. The number of nitrogens with one attached hydrogen (secondary N) is 1. The fourth-order valence-electron chi connectivity index (χ4n) is 1.79. The maximum Gasteiger partial charge on any atom is 0.317 e. The first-order chi connectivity index (χ1) is 8.25. The summed E-state index contributed by atoms with van der Waals surface area (Å²) in [6.45, 7) is 4.44. The van der Waals surface area contributed by atoms with Crippen LogP contribution in [0.25, 0.3) is 0 Å². The van der Waals surface area contributed by atoms with Crippen LogP contribution in [0.2, 0.25) is 0 Å². The van der Waals surface area contributed by atoms with Crippen molar-refractivity contribution in [3.8, 4) is 0 Å². The molecule has 2 amide bonds. The van der Waals surface area contributed by atoms with Crippen LogP contribution in [0.3, 0.4) is 0 Å². The Labute approximate surface area is 99.9 Å². The molecule has 1 aliphatic rings. The number of hydrogen-bond acceptors (Lipinski definition) is 4. The average molecular weight is 239 g/mol. The minimum atomic E-state index is -0.0784. The molecule has 6 nitrogen and oxygen atoms in total. The summed E-state index contributed by atoms with van der Waals surface area (Å²) in [5, 5.41) is 6.55. The van der Waals surface area contributed by atoms with E-state index in [2.05, 4.69) is 10.5 Å². The molecule has 1 unspecified atom stereocenters. The van der Waals surface area contributed by atoms with Crippen LogP contribution >= 0.6 is 0 Å². The van der Waals surface area contributed by atoms with Gasteiger partial charge in [0, 0.05) is 25.8 Å². The SMILES string of the molecule is CC1CN(C(=O)NCc2ccon2)CCCO1. The van der Waals surface area contributed by atoms with Crippen molar-refractivity contribution in [2.75, 3.05) is 19.7 Å². The number of carbonyl (C=O) groups excluding carboxylic acids is 1. The quantitative estimate of drug-likeness (QED) is 0.835. The lowest BCUT2D eigenvalue weighted by Gasteiger charge is -2.22. The fraction of sp³-hybridized carbons (Fsp3) is 0.636. The van der Waals surface area contributed by atoms with Gasteiger partial charge in [0.15, 0.2) is 0 Å². The molecule has 0 saturated carbocycles. The van der Waals surface area contributed by atoms with E-state index in [0.717, 1.165) is 18.7 Å². The first kappa shape index (κ1) is 11.9. The van der Waals surface area contributed by atoms with Crippen LogP contribution in [0.15, 0.2) is 16.9 Å². The molecule has 1 aromatic heterocycles. The molecular formula is C11H17N3O3. The van der Waals surface area contributed by atoms with Gasteiger partial charge in [-0.05, 0) is 13.3 Å². The molecule has 94 valence electrons. The molecule has 1 atom stereocenters. The minimum Gasteiger partial charge on any atom is -0.377 e. The van der Waals surface area contributed by atoms with Gasteiger partial charge < -0.3 is 19.5 Å². The van der Waals surface area contributed by atoms with Crippen LogP contribution in [-0.4, -0.2) is 41.9 Å². The highest BCUT2D eigenvalue weighted by Crippen LogP contribution is 2.05. The van der Waals surface area contributed by atoms with Crippen LogP contribution in [0.4, 0.5) is 4.79 Å². The molecule has 2 rings (SSSR count). The third-order valence-corrected chi connectivity index (χ3v) is 2.65. The maximum absolute atomic E-state index is 11.9. The summed E-state index contributed by atoms with van der Waals surface area (Å²) in [6.07, 6.45) is 2.46. The first-order valence-electron chi connectivity index (χ1n) is 5.79. The van der Waals surface area contributed by atoms with E-state index in [9.17, 15) is 4.79 Å². The molecule has 1 N–H and O–H groups in total. The summed E-state index contributed by atoms with van der Waals surface area (Å²) in [5.74, 6) is 0. The summed E-state index contributed by atoms with van der Waals surface area (Å²) >= 11 is 0. The van der Waals surface area contributed by atoms with Crippen LogP contribution < -0.4 is 5.32 Å². The van der Waals surface area contributed by atoms with Crippen molar-refractivity contribution >= 4 is 6.03 Å². The molecule has 0 bridgehead atoms. The van der Waals surface area contributed by atoms with Gasteiger partial charge in [-0.25, -0.2) is 4.79 Å². The van der Waals surface area contributed by atoms with Gasteiger partial charge in [-0.15, -0.1) is 0 Å². The van der Waals surface area contributed by atoms with Crippen LogP contribution in [-0.2, 0) is 11.3 Å². The lowest BCUT2D eigenvalue weighted by atomic mass is 10.3. The average Bonchev–Trinajstić information content (AvgIpc) is 2.74. The van der Waals surface area contributed by atoms with Gasteiger partial charge in [-0.1, -0.05) is 5.16 Å². The van der Waals surface area contributed by atoms with E-state index in [4.69, 9.17) is 9.26 Å². The molecule has 1 fully saturated rings. The third-order valence-electron chi connectivity index (χ3n) is 2.65. The van der Waals surface area contributed by atoms with Gasteiger partial charge in [-0.2, -0.15) is 0 Å². The van der Waals surface area contributed by atoms with Gasteiger partial charge in [0.05, 0.1) is 12.6 Å². The van der Waals surface area contributed by atoms with E-state index < -0.39 is 0 Å². The third kappa shape index (κ3) is 3.45. The number of amides is 2. The first-order valence-corrected chi connectivity index (χ1v) is 5.79. The highest BCUT2D eigenvalue weighted by molar-refractivity contribution is 5.74. The topological polar surface area (TPSA) is 67.6 Å². The van der Waals surface area contributed by atoms with Crippen molar-refractivity contribution in [2.24, 2.45) is 0 Å². The van der Waals surface area contributed by atoms with Gasteiger partial charge in [0.2, 0.25) is 0 Å². The maximum atomic E-state index is 11.9. The lowest BCUT2D eigenvalue weighted by Crippen LogP contribution is -2.42. The molecular weight excluding hydrogens is 222 g/mol. The Kier molecular flexibility index (Phi) is 3.98. The standard InChI is InChI=1S/C11H17N3O3/c1-9-8-14(4-2-5-16-9)11(15)12-7-10-3-6-17-13-10/h3,6,9H,2,4-5,7-8H2,1H3,(H,12,15). The number of hydrogen-bond donors (Lipinski definition) is 1. The van der Waals surface area contributed by atoms with Crippen LogP contribution in [0.5, 0.6) is 0 Å². The largest absolute Gasteiger partial charge is 0.377 e. The van der Waals surface area contributed by atoms with E-state index in [0.29, 0.717) is 19.7 Å². The zero-order valence-corrected chi connectivity index (χ0v) is 9.89. The summed E-state index contributed by atoms with van der Waals surface area (Å²) in [5.41, 5.74) is 0.720. The Morgan fingerprint density at radius 3 is 3.35 bits per heavy atom. The molecule has 1 saturated heterocycles. The Hall–Kier alpha value is -1.56.